The molecule has 0 atom stereocenters. The number of aryl methyl sites for hydroxylation is 1. The molecular weight excluding hydrogens is 320 g/mol. The SMILES string of the molecule is CN=C(NCCCOCCOC)NCCCc1nnc2ccccn12. The molecule has 8 heteroatoms. The van der Waals surface area contributed by atoms with E-state index in [4.69, 9.17) is 9.47 Å². The predicted octanol–water partition coefficient (Wildman–Crippen LogP) is 0.880. The van der Waals surface area contributed by atoms with E-state index in [0.29, 0.717) is 19.8 Å². The van der Waals surface area contributed by atoms with Crippen molar-refractivity contribution in [2.75, 3.05) is 47.1 Å². The quantitative estimate of drug-likeness (QED) is 0.356. The molecular formula is C17H28N6O2. The molecule has 0 aliphatic carbocycles. The molecule has 2 aromatic rings. The van der Waals surface area contributed by atoms with Gasteiger partial charge in [-0.05, 0) is 25.0 Å². The normalized spacial score (nSPS) is 11.8. The molecule has 0 saturated carbocycles. The lowest BCUT2D eigenvalue weighted by Gasteiger charge is -2.11. The number of ether oxygens (including phenoxy) is 2. The number of methoxy groups -OCH3 is 1. The Morgan fingerprint density at radius 1 is 1.12 bits per heavy atom. The van der Waals surface area contributed by atoms with Gasteiger partial charge in [-0.25, -0.2) is 0 Å². The third kappa shape index (κ3) is 6.67. The van der Waals surface area contributed by atoms with Gasteiger partial charge in [0.05, 0.1) is 13.2 Å². The van der Waals surface area contributed by atoms with Crippen LogP contribution in [0.3, 0.4) is 0 Å². The first-order valence-electron chi connectivity index (χ1n) is 8.65. The van der Waals surface area contributed by atoms with Crippen LogP contribution in [0.4, 0.5) is 0 Å². The maximum Gasteiger partial charge on any atom is 0.190 e. The smallest absolute Gasteiger partial charge is 0.190 e. The van der Waals surface area contributed by atoms with Crippen molar-refractivity contribution in [1.82, 2.24) is 25.2 Å². The Kier molecular flexibility index (Phi) is 8.71. The van der Waals surface area contributed by atoms with Crippen molar-refractivity contribution >= 4 is 11.6 Å². The average molecular weight is 348 g/mol. The second kappa shape index (κ2) is 11.4. The van der Waals surface area contributed by atoms with Crippen molar-refractivity contribution in [2.45, 2.75) is 19.3 Å². The van der Waals surface area contributed by atoms with Gasteiger partial charge in [0.1, 0.15) is 5.82 Å². The molecule has 0 saturated heterocycles. The van der Waals surface area contributed by atoms with E-state index in [0.717, 1.165) is 49.8 Å². The lowest BCUT2D eigenvalue weighted by molar-refractivity contribution is 0.0698. The molecule has 0 bridgehead atoms. The first-order valence-corrected chi connectivity index (χ1v) is 8.65. The summed E-state index contributed by atoms with van der Waals surface area (Å²) >= 11 is 0. The Balaban J connectivity index is 1.58. The van der Waals surface area contributed by atoms with Crippen LogP contribution >= 0.6 is 0 Å². The monoisotopic (exact) mass is 348 g/mol. The van der Waals surface area contributed by atoms with Crippen LogP contribution < -0.4 is 10.6 Å². The summed E-state index contributed by atoms with van der Waals surface area (Å²) < 4.78 is 12.4. The minimum atomic E-state index is 0.637. The van der Waals surface area contributed by atoms with Gasteiger partial charge in [0.25, 0.3) is 0 Å². The molecule has 2 rings (SSSR count). The van der Waals surface area contributed by atoms with Gasteiger partial charge >= 0.3 is 0 Å². The number of aromatic nitrogens is 3. The maximum atomic E-state index is 5.42. The molecule has 0 fully saturated rings. The highest BCUT2D eigenvalue weighted by molar-refractivity contribution is 5.79. The number of fused-ring (bicyclic) bond motifs is 1. The van der Waals surface area contributed by atoms with Crippen LogP contribution in [0.1, 0.15) is 18.7 Å². The highest BCUT2D eigenvalue weighted by Gasteiger charge is 2.04. The van der Waals surface area contributed by atoms with Crippen LogP contribution in [-0.4, -0.2) is 67.6 Å². The van der Waals surface area contributed by atoms with Gasteiger partial charge in [0.15, 0.2) is 11.6 Å². The summed E-state index contributed by atoms with van der Waals surface area (Å²) in [5.41, 5.74) is 0.885. The van der Waals surface area contributed by atoms with E-state index in [1.54, 1.807) is 14.2 Å². The lowest BCUT2D eigenvalue weighted by atomic mass is 10.3. The van der Waals surface area contributed by atoms with Crippen LogP contribution in [0.15, 0.2) is 29.4 Å². The Labute approximate surface area is 148 Å². The summed E-state index contributed by atoms with van der Waals surface area (Å²) in [5, 5.41) is 15.0. The highest BCUT2D eigenvalue weighted by Crippen LogP contribution is 2.04. The molecule has 8 nitrogen and oxygen atoms in total. The number of hydrogen-bond acceptors (Lipinski definition) is 5. The fraction of sp³-hybridized carbons (Fsp3) is 0.588. The summed E-state index contributed by atoms with van der Waals surface area (Å²) in [6.07, 6.45) is 4.74. The van der Waals surface area contributed by atoms with Crippen LogP contribution in [0, 0.1) is 0 Å². The van der Waals surface area contributed by atoms with Crippen molar-refractivity contribution in [3.8, 4) is 0 Å². The van der Waals surface area contributed by atoms with Gasteiger partial charge in [-0.2, -0.15) is 0 Å². The second-order valence-electron chi connectivity index (χ2n) is 5.53. The standard InChI is InChI=1S/C17H28N6O2/c1-18-17(20-10-6-12-25-14-13-24-2)19-9-5-8-16-22-21-15-7-3-4-11-23(15)16/h3-4,7,11H,5-6,8-10,12-14H2,1-2H3,(H2,18,19,20). The Morgan fingerprint density at radius 2 is 1.96 bits per heavy atom. The van der Waals surface area contributed by atoms with Gasteiger partial charge in [-0.15, -0.1) is 10.2 Å². The van der Waals surface area contributed by atoms with Gasteiger partial charge < -0.3 is 20.1 Å². The number of aliphatic imine (C=N–C) groups is 1. The Bertz CT molecular complexity index is 643. The zero-order chi connectivity index (χ0) is 17.7. The summed E-state index contributed by atoms with van der Waals surface area (Å²) in [6, 6.07) is 5.91. The fourth-order valence-electron chi connectivity index (χ4n) is 2.36. The van der Waals surface area contributed by atoms with Crippen molar-refractivity contribution in [1.29, 1.82) is 0 Å². The van der Waals surface area contributed by atoms with Gasteiger partial charge in [-0.1, -0.05) is 6.07 Å². The molecule has 138 valence electrons. The molecule has 0 unspecified atom stereocenters. The van der Waals surface area contributed by atoms with Crippen molar-refractivity contribution in [3.63, 3.8) is 0 Å². The van der Waals surface area contributed by atoms with Gasteiger partial charge in [-0.3, -0.25) is 9.39 Å². The number of nitrogens with one attached hydrogen (secondary N) is 2. The Hall–Kier alpha value is -2.19. The number of hydrogen-bond donors (Lipinski definition) is 2. The molecule has 2 N–H and O–H groups in total. The number of pyridine rings is 1. The molecule has 0 radical (unpaired) electrons. The summed E-state index contributed by atoms with van der Waals surface area (Å²) in [6.45, 7) is 3.64. The van der Waals surface area contributed by atoms with Crippen LogP contribution in [0.25, 0.3) is 5.65 Å². The summed E-state index contributed by atoms with van der Waals surface area (Å²) in [5.74, 6) is 1.79. The third-order valence-corrected chi connectivity index (χ3v) is 3.67. The molecule has 0 aliphatic rings. The lowest BCUT2D eigenvalue weighted by Crippen LogP contribution is -2.38. The van der Waals surface area contributed by atoms with Crippen molar-refractivity contribution in [3.05, 3.63) is 30.2 Å². The third-order valence-electron chi connectivity index (χ3n) is 3.67. The van der Waals surface area contributed by atoms with E-state index in [-0.39, 0.29) is 0 Å². The fourth-order valence-corrected chi connectivity index (χ4v) is 2.36. The zero-order valence-corrected chi connectivity index (χ0v) is 15.1. The van der Waals surface area contributed by atoms with E-state index in [9.17, 15) is 0 Å². The Morgan fingerprint density at radius 3 is 2.76 bits per heavy atom. The molecule has 0 aliphatic heterocycles. The van der Waals surface area contributed by atoms with Crippen LogP contribution in [0.2, 0.25) is 0 Å². The van der Waals surface area contributed by atoms with E-state index in [2.05, 4.69) is 25.8 Å². The molecule has 0 aromatic carbocycles. The van der Waals surface area contributed by atoms with E-state index < -0.39 is 0 Å². The van der Waals surface area contributed by atoms with E-state index >= 15 is 0 Å². The minimum absolute atomic E-state index is 0.637. The largest absolute Gasteiger partial charge is 0.382 e. The number of guanidine groups is 1. The van der Waals surface area contributed by atoms with Gasteiger partial charge in [0.2, 0.25) is 0 Å². The number of rotatable bonds is 11. The highest BCUT2D eigenvalue weighted by atomic mass is 16.5. The topological polar surface area (TPSA) is 85.1 Å². The zero-order valence-electron chi connectivity index (χ0n) is 15.1. The minimum Gasteiger partial charge on any atom is -0.382 e. The van der Waals surface area contributed by atoms with Gasteiger partial charge in [0, 0.05) is 46.5 Å². The first kappa shape index (κ1) is 19.1. The van der Waals surface area contributed by atoms with Crippen LogP contribution in [0.5, 0.6) is 0 Å². The second-order valence-corrected chi connectivity index (χ2v) is 5.53. The summed E-state index contributed by atoms with van der Waals surface area (Å²) in [7, 11) is 3.45. The number of nitrogens with zero attached hydrogens (tertiary/aromatic N) is 4. The molecule has 0 spiro atoms. The first-order chi connectivity index (χ1) is 12.3. The molecule has 0 amide bonds. The van der Waals surface area contributed by atoms with Crippen LogP contribution in [-0.2, 0) is 15.9 Å². The van der Waals surface area contributed by atoms with E-state index in [1.807, 2.05) is 28.8 Å². The molecule has 2 aromatic heterocycles. The average Bonchev–Trinajstić information content (AvgIpc) is 3.06. The predicted molar refractivity (Wildman–Crippen MR) is 98.0 cm³/mol. The van der Waals surface area contributed by atoms with Crippen molar-refractivity contribution in [2.24, 2.45) is 4.99 Å². The van der Waals surface area contributed by atoms with Crippen molar-refractivity contribution < 1.29 is 9.47 Å². The molecule has 2 heterocycles. The van der Waals surface area contributed by atoms with E-state index in [1.165, 1.54) is 0 Å². The maximum absolute atomic E-state index is 5.42. The molecule has 25 heavy (non-hydrogen) atoms. The summed E-state index contributed by atoms with van der Waals surface area (Å²) in [4.78, 5) is 4.22.